The Balaban J connectivity index is 1.97. The van der Waals surface area contributed by atoms with E-state index in [0.717, 1.165) is 22.9 Å². The first-order valence-electron chi connectivity index (χ1n) is 8.16. The topological polar surface area (TPSA) is 59.8 Å². The van der Waals surface area contributed by atoms with E-state index in [1.54, 1.807) is 4.68 Å². The number of amides is 1. The van der Waals surface area contributed by atoms with Crippen LogP contribution in [0.15, 0.2) is 24.3 Å². The van der Waals surface area contributed by atoms with Gasteiger partial charge in [0, 0.05) is 17.8 Å². The number of aromatic nitrogens is 3. The molecule has 1 amide bonds. The van der Waals surface area contributed by atoms with Crippen molar-refractivity contribution in [2.24, 2.45) is 0 Å². The van der Waals surface area contributed by atoms with E-state index >= 15 is 0 Å². The predicted molar refractivity (Wildman–Crippen MR) is 90.7 cm³/mol. The van der Waals surface area contributed by atoms with E-state index in [0.29, 0.717) is 23.3 Å². The maximum Gasteiger partial charge on any atom is 0.433 e. The van der Waals surface area contributed by atoms with Gasteiger partial charge in [-0.05, 0) is 49.2 Å². The second-order valence-electron chi connectivity index (χ2n) is 6.28. The van der Waals surface area contributed by atoms with Gasteiger partial charge in [0.25, 0.3) is 0 Å². The number of carbonyl (C=O) groups is 1. The van der Waals surface area contributed by atoms with Crippen molar-refractivity contribution in [2.75, 3.05) is 5.32 Å². The van der Waals surface area contributed by atoms with Crippen molar-refractivity contribution >= 4 is 22.6 Å². The maximum absolute atomic E-state index is 13.1. The largest absolute Gasteiger partial charge is 0.433 e. The number of nitrogens with one attached hydrogen (secondary N) is 1. The van der Waals surface area contributed by atoms with Crippen molar-refractivity contribution in [2.45, 2.75) is 33.0 Å². The lowest BCUT2D eigenvalue weighted by Gasteiger charge is -2.10. The second-order valence-corrected chi connectivity index (χ2v) is 6.28. The molecule has 1 N–H and O–H groups in total. The van der Waals surface area contributed by atoms with Crippen LogP contribution in [0.4, 0.5) is 18.9 Å². The zero-order valence-corrected chi connectivity index (χ0v) is 14.1. The van der Waals surface area contributed by atoms with Gasteiger partial charge in [0.05, 0.1) is 12.1 Å². The molecule has 3 aromatic rings. The fourth-order valence-corrected chi connectivity index (χ4v) is 3.35. The molecular weight excluding hydrogens is 345 g/mol. The average Bonchev–Trinajstić information content (AvgIpc) is 3.12. The van der Waals surface area contributed by atoms with Gasteiger partial charge in [-0.25, -0.2) is 4.98 Å². The van der Waals surface area contributed by atoms with Gasteiger partial charge in [-0.1, -0.05) is 0 Å². The standard InChI is InChI=1S/C18H15F3N4O/c1-3-25-17(11-6-9(2)15-10(7-11)8-14(26)23-15)16-12(24-25)4-5-13(22-16)18(19,20)21/h4-7H,3,8H2,1-2H3,(H,23,26). The molecule has 0 saturated carbocycles. The van der Waals surface area contributed by atoms with Gasteiger partial charge in [-0.2, -0.15) is 18.3 Å². The minimum atomic E-state index is -4.52. The second kappa shape index (κ2) is 5.55. The van der Waals surface area contributed by atoms with Crippen LogP contribution in [0, 0.1) is 6.92 Å². The summed E-state index contributed by atoms with van der Waals surface area (Å²) in [5, 5.41) is 7.18. The molecule has 4 rings (SSSR count). The smallest absolute Gasteiger partial charge is 0.325 e. The molecule has 2 aromatic heterocycles. The van der Waals surface area contributed by atoms with Crippen molar-refractivity contribution in [1.29, 1.82) is 0 Å². The Morgan fingerprint density at radius 1 is 1.27 bits per heavy atom. The lowest BCUT2D eigenvalue weighted by atomic mass is 10.0. The highest BCUT2D eigenvalue weighted by Gasteiger charge is 2.33. The Hall–Kier alpha value is -2.90. The number of aryl methyl sites for hydroxylation is 2. The predicted octanol–water partition coefficient (Wildman–Crippen LogP) is 3.94. The van der Waals surface area contributed by atoms with Crippen molar-refractivity contribution in [3.8, 4) is 11.3 Å². The normalized spacial score (nSPS) is 14.0. The highest BCUT2D eigenvalue weighted by atomic mass is 19.4. The van der Waals surface area contributed by atoms with Crippen LogP contribution in [0.3, 0.4) is 0 Å². The molecular formula is C18H15F3N4O. The molecule has 1 aliphatic rings. The van der Waals surface area contributed by atoms with Crippen molar-refractivity contribution in [1.82, 2.24) is 14.8 Å². The zero-order valence-electron chi connectivity index (χ0n) is 14.1. The number of alkyl halides is 3. The molecule has 5 nitrogen and oxygen atoms in total. The number of pyridine rings is 1. The van der Waals surface area contributed by atoms with Crippen LogP contribution in [0.25, 0.3) is 22.3 Å². The summed E-state index contributed by atoms with van der Waals surface area (Å²) in [6.45, 7) is 4.21. The van der Waals surface area contributed by atoms with Crippen molar-refractivity contribution < 1.29 is 18.0 Å². The van der Waals surface area contributed by atoms with E-state index in [9.17, 15) is 18.0 Å². The highest BCUT2D eigenvalue weighted by molar-refractivity contribution is 6.01. The van der Waals surface area contributed by atoms with E-state index in [1.165, 1.54) is 6.07 Å². The zero-order chi connectivity index (χ0) is 18.6. The molecule has 3 heterocycles. The molecule has 8 heteroatoms. The number of anilines is 1. The average molecular weight is 360 g/mol. The Morgan fingerprint density at radius 2 is 2.04 bits per heavy atom. The molecule has 26 heavy (non-hydrogen) atoms. The van der Waals surface area contributed by atoms with Crippen molar-refractivity contribution in [3.05, 3.63) is 41.1 Å². The molecule has 0 radical (unpaired) electrons. The fraction of sp³-hybridized carbons (Fsp3) is 0.278. The molecule has 0 fully saturated rings. The third-order valence-electron chi connectivity index (χ3n) is 4.48. The van der Waals surface area contributed by atoms with Crippen LogP contribution >= 0.6 is 0 Å². The third-order valence-corrected chi connectivity index (χ3v) is 4.48. The van der Waals surface area contributed by atoms with Gasteiger partial charge in [-0.15, -0.1) is 0 Å². The molecule has 1 aliphatic heterocycles. The monoisotopic (exact) mass is 360 g/mol. The van der Waals surface area contributed by atoms with Crippen LogP contribution in [-0.4, -0.2) is 20.7 Å². The summed E-state index contributed by atoms with van der Waals surface area (Å²) in [4.78, 5) is 15.5. The maximum atomic E-state index is 13.1. The third kappa shape index (κ3) is 2.53. The lowest BCUT2D eigenvalue weighted by Crippen LogP contribution is -2.07. The number of hydrogen-bond acceptors (Lipinski definition) is 3. The summed E-state index contributed by atoms with van der Waals surface area (Å²) in [7, 11) is 0. The fourth-order valence-electron chi connectivity index (χ4n) is 3.35. The Bertz CT molecular complexity index is 1050. The van der Waals surface area contributed by atoms with Crippen LogP contribution in [0.2, 0.25) is 0 Å². The van der Waals surface area contributed by atoms with E-state index in [2.05, 4.69) is 15.4 Å². The number of benzene rings is 1. The van der Waals surface area contributed by atoms with E-state index in [-0.39, 0.29) is 17.8 Å². The number of carbonyl (C=O) groups excluding carboxylic acids is 1. The molecule has 0 aliphatic carbocycles. The van der Waals surface area contributed by atoms with Gasteiger partial charge in [-0.3, -0.25) is 9.48 Å². The minimum Gasteiger partial charge on any atom is -0.325 e. The minimum absolute atomic E-state index is 0.0911. The van der Waals surface area contributed by atoms with Gasteiger partial charge >= 0.3 is 6.18 Å². The number of fused-ring (bicyclic) bond motifs is 2. The Kier molecular flexibility index (Phi) is 3.54. The van der Waals surface area contributed by atoms with Gasteiger partial charge in [0.1, 0.15) is 16.7 Å². The molecule has 0 unspecified atom stereocenters. The lowest BCUT2D eigenvalue weighted by molar-refractivity contribution is -0.141. The summed E-state index contributed by atoms with van der Waals surface area (Å²) >= 11 is 0. The summed E-state index contributed by atoms with van der Waals surface area (Å²) in [6.07, 6.45) is -4.27. The van der Waals surface area contributed by atoms with Gasteiger partial charge < -0.3 is 5.32 Å². The van der Waals surface area contributed by atoms with Crippen LogP contribution < -0.4 is 5.32 Å². The van der Waals surface area contributed by atoms with E-state index < -0.39 is 11.9 Å². The first kappa shape index (κ1) is 16.6. The van der Waals surface area contributed by atoms with Crippen LogP contribution in [0.5, 0.6) is 0 Å². The number of rotatable bonds is 2. The van der Waals surface area contributed by atoms with Crippen molar-refractivity contribution in [3.63, 3.8) is 0 Å². The van der Waals surface area contributed by atoms with Crippen LogP contribution in [0.1, 0.15) is 23.7 Å². The molecule has 1 aromatic carbocycles. The summed E-state index contributed by atoms with van der Waals surface area (Å²) < 4.78 is 40.9. The Morgan fingerprint density at radius 3 is 2.73 bits per heavy atom. The van der Waals surface area contributed by atoms with E-state index in [1.807, 2.05) is 26.0 Å². The number of halogens is 3. The molecule has 0 saturated heterocycles. The number of hydrogen-bond donors (Lipinski definition) is 1. The summed E-state index contributed by atoms with van der Waals surface area (Å²) in [5.41, 5.74) is 3.35. The first-order chi connectivity index (χ1) is 12.3. The first-order valence-corrected chi connectivity index (χ1v) is 8.16. The number of nitrogens with zero attached hydrogens (tertiary/aromatic N) is 3. The van der Waals surface area contributed by atoms with Gasteiger partial charge in [0.15, 0.2) is 0 Å². The summed E-state index contributed by atoms with van der Waals surface area (Å²) in [6, 6.07) is 5.95. The quantitative estimate of drug-likeness (QED) is 0.753. The SMILES string of the molecule is CCn1nc2ccc(C(F)(F)F)nc2c1-c1cc(C)c2c(c1)CC(=O)N2. The Labute approximate surface area is 146 Å². The van der Waals surface area contributed by atoms with E-state index in [4.69, 9.17) is 0 Å². The molecule has 0 bridgehead atoms. The molecule has 0 spiro atoms. The highest BCUT2D eigenvalue weighted by Crippen LogP contribution is 2.36. The van der Waals surface area contributed by atoms with Crippen LogP contribution in [-0.2, 0) is 23.9 Å². The molecule has 134 valence electrons. The summed E-state index contributed by atoms with van der Waals surface area (Å²) in [5.74, 6) is -0.0911. The van der Waals surface area contributed by atoms with Gasteiger partial charge in [0.2, 0.25) is 5.91 Å². The molecule has 0 atom stereocenters.